The number of esters is 3. The summed E-state index contributed by atoms with van der Waals surface area (Å²) < 4.78 is 35.8. The highest BCUT2D eigenvalue weighted by molar-refractivity contribution is 7.47. The smallest absolute Gasteiger partial charge is 0.466 e. The van der Waals surface area contributed by atoms with Crippen LogP contribution < -0.4 is 0 Å². The Morgan fingerprint density at radius 1 is 0.840 bits per heavy atom. The van der Waals surface area contributed by atoms with Crippen LogP contribution in [0.1, 0.15) is 40.5 Å². The maximum Gasteiger partial charge on any atom is 0.473 e. The molecule has 0 heterocycles. The molecule has 0 aromatic carbocycles. The average Bonchev–Trinajstić information content (AvgIpc) is 2.46. The summed E-state index contributed by atoms with van der Waals surface area (Å²) in [5.41, 5.74) is -2.41. The third kappa shape index (κ3) is 8.44. The van der Waals surface area contributed by atoms with Crippen molar-refractivity contribution in [3.05, 3.63) is 0 Å². The molecular formula is C14H25O10P. The predicted molar refractivity (Wildman–Crippen MR) is 84.4 cm³/mol. The minimum absolute atomic E-state index is 0.000604. The van der Waals surface area contributed by atoms with Crippen molar-refractivity contribution in [1.29, 1.82) is 0 Å². The van der Waals surface area contributed by atoms with Gasteiger partial charge in [-0.1, -0.05) is 0 Å². The van der Waals surface area contributed by atoms with Gasteiger partial charge in [0.15, 0.2) is 5.60 Å². The van der Waals surface area contributed by atoms with Gasteiger partial charge in [-0.3, -0.25) is 18.6 Å². The molecule has 0 saturated heterocycles. The predicted octanol–water partition coefficient (Wildman–Crippen LogP) is 1.35. The van der Waals surface area contributed by atoms with Crippen LogP contribution in [0, 0.1) is 0 Å². The van der Waals surface area contributed by atoms with Gasteiger partial charge in [0, 0.05) is 0 Å². The van der Waals surface area contributed by atoms with Gasteiger partial charge in [-0.2, -0.15) is 0 Å². The molecule has 0 aliphatic heterocycles. The second-order valence-corrected chi connectivity index (χ2v) is 6.03. The molecule has 0 aliphatic carbocycles. The zero-order valence-electron chi connectivity index (χ0n) is 14.8. The van der Waals surface area contributed by atoms with Crippen LogP contribution in [-0.2, 0) is 42.2 Å². The summed E-state index contributed by atoms with van der Waals surface area (Å²) in [5, 5.41) is 0. The summed E-state index contributed by atoms with van der Waals surface area (Å²) in [6, 6.07) is 0. The summed E-state index contributed by atoms with van der Waals surface area (Å²) >= 11 is 0. The molecule has 1 atom stereocenters. The average molecular weight is 384 g/mol. The van der Waals surface area contributed by atoms with E-state index in [0.717, 1.165) is 0 Å². The van der Waals surface area contributed by atoms with E-state index < -0.39 is 44.2 Å². The lowest BCUT2D eigenvalue weighted by Crippen LogP contribution is -2.46. The third-order valence-electron chi connectivity index (χ3n) is 2.70. The Labute approximate surface area is 146 Å². The number of carbonyl (C=O) groups is 3. The fourth-order valence-electron chi connectivity index (χ4n) is 1.87. The number of carbonyl (C=O) groups excluding carboxylic acids is 3. The van der Waals surface area contributed by atoms with Crippen LogP contribution in [0.25, 0.3) is 0 Å². The molecule has 0 rings (SSSR count). The molecule has 0 saturated carbocycles. The van der Waals surface area contributed by atoms with Gasteiger partial charge in [0.1, 0.15) is 0 Å². The first-order valence-corrected chi connectivity index (χ1v) is 9.32. The Morgan fingerprint density at radius 2 is 1.28 bits per heavy atom. The van der Waals surface area contributed by atoms with Crippen molar-refractivity contribution >= 4 is 25.7 Å². The second-order valence-electron chi connectivity index (χ2n) is 4.66. The van der Waals surface area contributed by atoms with Crippen LogP contribution in [0.2, 0.25) is 0 Å². The van der Waals surface area contributed by atoms with Gasteiger partial charge in [0.25, 0.3) is 0 Å². The molecule has 0 aromatic heterocycles. The fraction of sp³-hybridized carbons (Fsp3) is 0.786. The molecule has 11 heteroatoms. The van der Waals surface area contributed by atoms with Gasteiger partial charge in [-0.15, -0.1) is 0 Å². The van der Waals surface area contributed by atoms with E-state index in [-0.39, 0.29) is 26.4 Å². The topological polar surface area (TPSA) is 135 Å². The maximum absolute atomic E-state index is 12.4. The first kappa shape index (κ1) is 23.5. The van der Waals surface area contributed by atoms with E-state index in [4.69, 9.17) is 18.7 Å². The van der Waals surface area contributed by atoms with Crippen LogP contribution in [-0.4, -0.2) is 54.8 Å². The Balaban J connectivity index is 5.83. The van der Waals surface area contributed by atoms with Crippen molar-refractivity contribution in [2.45, 2.75) is 46.1 Å². The molecule has 25 heavy (non-hydrogen) atoms. The van der Waals surface area contributed by atoms with Crippen molar-refractivity contribution < 1.29 is 47.1 Å². The lowest BCUT2D eigenvalue weighted by Gasteiger charge is -2.30. The van der Waals surface area contributed by atoms with Gasteiger partial charge in [0.05, 0.1) is 39.3 Å². The van der Waals surface area contributed by atoms with Gasteiger partial charge in [0.2, 0.25) is 0 Å². The number of phosphoric ester groups is 1. The van der Waals surface area contributed by atoms with E-state index in [0.29, 0.717) is 0 Å². The van der Waals surface area contributed by atoms with E-state index in [2.05, 4.69) is 4.52 Å². The highest BCUT2D eigenvalue weighted by Gasteiger charge is 2.51. The van der Waals surface area contributed by atoms with E-state index >= 15 is 0 Å². The number of phosphoric acid groups is 1. The highest BCUT2D eigenvalue weighted by atomic mass is 31.2. The number of rotatable bonds is 12. The zero-order valence-corrected chi connectivity index (χ0v) is 15.7. The lowest BCUT2D eigenvalue weighted by molar-refractivity contribution is -0.176. The number of ether oxygens (including phenoxy) is 3. The van der Waals surface area contributed by atoms with Gasteiger partial charge in [-0.05, 0) is 27.7 Å². The van der Waals surface area contributed by atoms with Crippen LogP contribution in [0.4, 0.5) is 0 Å². The van der Waals surface area contributed by atoms with Gasteiger partial charge < -0.3 is 19.1 Å². The Bertz CT molecular complexity index is 484. The van der Waals surface area contributed by atoms with Crippen molar-refractivity contribution in [1.82, 2.24) is 0 Å². The van der Waals surface area contributed by atoms with Crippen LogP contribution in [0.3, 0.4) is 0 Å². The zero-order chi connectivity index (χ0) is 19.5. The minimum Gasteiger partial charge on any atom is -0.466 e. The van der Waals surface area contributed by atoms with Crippen molar-refractivity contribution in [3.63, 3.8) is 0 Å². The number of hydrogen-bond acceptors (Lipinski definition) is 9. The van der Waals surface area contributed by atoms with Crippen molar-refractivity contribution in [2.75, 3.05) is 26.4 Å². The van der Waals surface area contributed by atoms with E-state index in [1.165, 1.54) is 27.7 Å². The molecule has 1 unspecified atom stereocenters. The third-order valence-corrected chi connectivity index (χ3v) is 3.86. The second kappa shape index (κ2) is 11.2. The quantitative estimate of drug-likeness (QED) is 0.298. The highest BCUT2D eigenvalue weighted by Crippen LogP contribution is 2.49. The van der Waals surface area contributed by atoms with E-state index in [1.807, 2.05) is 0 Å². The summed E-state index contributed by atoms with van der Waals surface area (Å²) in [5.74, 6) is -3.02. The molecule has 0 fully saturated rings. The molecule has 146 valence electrons. The molecule has 10 nitrogen and oxygen atoms in total. The first-order chi connectivity index (χ1) is 11.7. The SMILES string of the molecule is CCOC(=O)CC(CC(=O)OCC)(OP(=O)(O)OCC)C(=O)OCC. The normalized spacial score (nSPS) is 13.6. The van der Waals surface area contributed by atoms with Crippen LogP contribution in [0.5, 0.6) is 0 Å². The monoisotopic (exact) mass is 384 g/mol. The maximum atomic E-state index is 12.4. The molecule has 0 aliphatic rings. The summed E-state index contributed by atoms with van der Waals surface area (Å²) in [6.45, 7) is 5.66. The number of hydrogen-bond donors (Lipinski definition) is 1. The Hall–Kier alpha value is -1.48. The van der Waals surface area contributed by atoms with E-state index in [9.17, 15) is 23.8 Å². The largest absolute Gasteiger partial charge is 0.473 e. The summed E-state index contributed by atoms with van der Waals surface area (Å²) in [6.07, 6.45) is -1.65. The van der Waals surface area contributed by atoms with E-state index in [1.54, 1.807) is 0 Å². The van der Waals surface area contributed by atoms with Gasteiger partial charge >= 0.3 is 25.7 Å². The fourth-order valence-corrected chi connectivity index (χ4v) is 2.90. The molecule has 0 spiro atoms. The molecule has 0 amide bonds. The van der Waals surface area contributed by atoms with Crippen molar-refractivity contribution in [3.8, 4) is 0 Å². The Morgan fingerprint density at radius 3 is 1.64 bits per heavy atom. The first-order valence-electron chi connectivity index (χ1n) is 7.82. The summed E-state index contributed by atoms with van der Waals surface area (Å²) in [7, 11) is -4.76. The molecule has 0 aromatic rings. The Kier molecular flexibility index (Phi) is 10.5. The van der Waals surface area contributed by atoms with Crippen LogP contribution in [0.15, 0.2) is 0 Å². The van der Waals surface area contributed by atoms with Crippen LogP contribution >= 0.6 is 7.82 Å². The summed E-state index contributed by atoms with van der Waals surface area (Å²) in [4.78, 5) is 45.9. The standard InChI is InChI=1S/C14H25O10P/c1-5-20-11(15)9-14(13(17)22-7-3,10-12(16)21-6-2)24-25(18,19)23-8-4/h5-10H2,1-4H3,(H,18,19). The van der Waals surface area contributed by atoms with Crippen molar-refractivity contribution in [2.24, 2.45) is 0 Å². The molecule has 0 bridgehead atoms. The molecule has 0 radical (unpaired) electrons. The van der Waals surface area contributed by atoms with Gasteiger partial charge in [-0.25, -0.2) is 9.36 Å². The lowest BCUT2D eigenvalue weighted by atomic mass is 9.95. The molecule has 1 N–H and O–H groups in total. The minimum atomic E-state index is -4.76. The molecular weight excluding hydrogens is 359 g/mol.